The highest BCUT2D eigenvalue weighted by Gasteiger charge is 2.27. The second kappa shape index (κ2) is 13.1. The molecule has 0 amide bonds. The number of piperazine rings is 1. The summed E-state index contributed by atoms with van der Waals surface area (Å²) in [5.74, 6) is 0.202. The van der Waals surface area contributed by atoms with E-state index in [9.17, 15) is 14.0 Å². The van der Waals surface area contributed by atoms with Gasteiger partial charge in [0.05, 0.1) is 6.54 Å². The largest absolute Gasteiger partial charge is 0.361 e. The van der Waals surface area contributed by atoms with E-state index in [0.717, 1.165) is 30.2 Å². The number of ether oxygens (including phenoxy) is 1. The van der Waals surface area contributed by atoms with Crippen LogP contribution >= 0.6 is 0 Å². The minimum absolute atomic E-state index is 0.00807. The van der Waals surface area contributed by atoms with E-state index in [2.05, 4.69) is 74.5 Å². The number of hydrogen-bond acceptors (Lipinski definition) is 6. The number of anilines is 1. The van der Waals surface area contributed by atoms with Gasteiger partial charge in [0.15, 0.2) is 11.2 Å². The molecule has 4 aromatic rings. The molecule has 0 aliphatic carbocycles. The van der Waals surface area contributed by atoms with E-state index in [-0.39, 0.29) is 35.7 Å². The van der Waals surface area contributed by atoms with Crippen LogP contribution in [-0.2, 0) is 37.0 Å². The van der Waals surface area contributed by atoms with Gasteiger partial charge in [-0.15, -0.1) is 0 Å². The Morgan fingerprint density at radius 1 is 0.911 bits per heavy atom. The molecule has 0 atom stereocenters. The Bertz CT molecular complexity index is 1760. The molecule has 2 aromatic carbocycles. The fourth-order valence-corrected chi connectivity index (χ4v) is 6.42. The quantitative estimate of drug-likeness (QED) is 0.180. The van der Waals surface area contributed by atoms with Crippen molar-refractivity contribution in [2.24, 2.45) is 7.05 Å². The standard InChI is InChI=1S/C34H47FN6O3Si/c1-34(2,3)27-14-12-25(13-15-27)22-38-16-18-39(19-17-38)32-36-30-29(40(32)23-26-10-8-9-11-28(26)35)31(42)37(4)33(43)41(30)24-44-20-21-45(5,6)7/h8-15H,16-24H2,1-7H3. The Kier molecular flexibility index (Phi) is 9.53. The van der Waals surface area contributed by atoms with E-state index in [1.165, 1.54) is 28.8 Å². The summed E-state index contributed by atoms with van der Waals surface area (Å²) >= 11 is 0. The zero-order valence-electron chi connectivity index (χ0n) is 27.8. The van der Waals surface area contributed by atoms with Crippen LogP contribution in [0.5, 0.6) is 0 Å². The summed E-state index contributed by atoms with van der Waals surface area (Å²) in [4.78, 5) is 36.4. The SMILES string of the molecule is Cn1c(=O)c2c(nc(N3CCN(Cc4ccc(C(C)(C)C)cc4)CC3)n2Cc2ccccc2F)n(COCC[Si](C)(C)C)c1=O. The average Bonchev–Trinajstić information content (AvgIpc) is 3.35. The minimum atomic E-state index is -1.33. The average molecular weight is 635 g/mol. The van der Waals surface area contributed by atoms with Crippen molar-refractivity contribution in [2.75, 3.05) is 37.7 Å². The Hall–Kier alpha value is -3.54. The summed E-state index contributed by atoms with van der Waals surface area (Å²) in [6, 6.07) is 16.4. The van der Waals surface area contributed by atoms with Crippen molar-refractivity contribution < 1.29 is 9.13 Å². The molecule has 9 nitrogen and oxygen atoms in total. The third-order valence-corrected chi connectivity index (χ3v) is 10.3. The van der Waals surface area contributed by atoms with Gasteiger partial charge in [-0.2, -0.15) is 4.98 Å². The molecule has 0 radical (unpaired) electrons. The molecule has 1 saturated heterocycles. The highest BCUT2D eigenvalue weighted by atomic mass is 28.3. The molecule has 3 heterocycles. The summed E-state index contributed by atoms with van der Waals surface area (Å²) in [5, 5.41) is 0. The van der Waals surface area contributed by atoms with Crippen LogP contribution in [0.2, 0.25) is 25.7 Å². The molecular weight excluding hydrogens is 587 g/mol. The summed E-state index contributed by atoms with van der Waals surface area (Å²) in [5.41, 5.74) is 2.74. The van der Waals surface area contributed by atoms with Crippen molar-refractivity contribution in [3.8, 4) is 0 Å². The smallest absolute Gasteiger partial charge is 0.334 e. The summed E-state index contributed by atoms with van der Waals surface area (Å²) in [6.07, 6.45) is 0. The summed E-state index contributed by atoms with van der Waals surface area (Å²) < 4.78 is 25.2. The molecule has 11 heteroatoms. The van der Waals surface area contributed by atoms with Gasteiger partial charge in [0.25, 0.3) is 5.56 Å². The van der Waals surface area contributed by atoms with Gasteiger partial charge in [0, 0.05) is 60.0 Å². The van der Waals surface area contributed by atoms with Crippen molar-refractivity contribution >= 4 is 25.2 Å². The third kappa shape index (κ3) is 7.48. The number of hydrogen-bond donors (Lipinski definition) is 0. The van der Waals surface area contributed by atoms with Gasteiger partial charge in [0.1, 0.15) is 12.5 Å². The molecule has 0 N–H and O–H groups in total. The lowest BCUT2D eigenvalue weighted by Gasteiger charge is -2.35. The molecule has 0 spiro atoms. The van der Waals surface area contributed by atoms with Crippen molar-refractivity contribution in [1.82, 2.24) is 23.6 Å². The second-order valence-electron chi connectivity index (χ2n) is 14.4. The number of nitrogens with zero attached hydrogens (tertiary/aromatic N) is 6. The third-order valence-electron chi connectivity index (χ3n) is 8.59. The molecule has 45 heavy (non-hydrogen) atoms. The zero-order chi connectivity index (χ0) is 32.5. The Balaban J connectivity index is 1.45. The van der Waals surface area contributed by atoms with E-state index < -0.39 is 19.3 Å². The maximum Gasteiger partial charge on any atom is 0.334 e. The van der Waals surface area contributed by atoms with Crippen molar-refractivity contribution in [3.63, 3.8) is 0 Å². The predicted octanol–water partition coefficient (Wildman–Crippen LogP) is 5.02. The van der Waals surface area contributed by atoms with Gasteiger partial charge in [-0.3, -0.25) is 23.4 Å². The number of imidazole rings is 1. The van der Waals surface area contributed by atoms with Crippen LogP contribution in [0, 0.1) is 5.82 Å². The van der Waals surface area contributed by atoms with E-state index >= 15 is 0 Å². The lowest BCUT2D eigenvalue weighted by molar-refractivity contribution is 0.0857. The Labute approximate surface area is 265 Å². The molecule has 0 saturated carbocycles. The van der Waals surface area contributed by atoms with Gasteiger partial charge in [-0.05, 0) is 28.7 Å². The fraction of sp³-hybridized carbons (Fsp3) is 0.500. The van der Waals surface area contributed by atoms with Crippen LogP contribution in [-0.4, -0.2) is 64.4 Å². The molecule has 1 aliphatic heterocycles. The number of rotatable bonds is 10. The van der Waals surface area contributed by atoms with Gasteiger partial charge >= 0.3 is 5.69 Å². The van der Waals surface area contributed by atoms with Crippen LogP contribution in [0.15, 0.2) is 58.1 Å². The molecule has 0 unspecified atom stereocenters. The molecule has 0 bridgehead atoms. The normalized spacial score (nSPS) is 14.9. The Morgan fingerprint density at radius 2 is 1.58 bits per heavy atom. The van der Waals surface area contributed by atoms with Gasteiger partial charge in [-0.1, -0.05) is 82.9 Å². The van der Waals surface area contributed by atoms with E-state index in [1.807, 2.05) is 0 Å². The van der Waals surface area contributed by atoms with Crippen LogP contribution in [0.25, 0.3) is 11.2 Å². The van der Waals surface area contributed by atoms with Crippen molar-refractivity contribution in [2.45, 2.75) is 71.7 Å². The van der Waals surface area contributed by atoms with Crippen LogP contribution < -0.4 is 16.1 Å². The molecule has 2 aromatic heterocycles. The van der Waals surface area contributed by atoms with Crippen LogP contribution in [0.3, 0.4) is 0 Å². The first-order valence-corrected chi connectivity index (χ1v) is 19.5. The van der Waals surface area contributed by atoms with E-state index in [0.29, 0.717) is 31.2 Å². The molecule has 1 fully saturated rings. The summed E-state index contributed by atoms with van der Waals surface area (Å²) in [6.45, 7) is 17.9. The van der Waals surface area contributed by atoms with Gasteiger partial charge < -0.3 is 9.64 Å². The highest BCUT2D eigenvalue weighted by Crippen LogP contribution is 2.25. The highest BCUT2D eigenvalue weighted by molar-refractivity contribution is 6.76. The van der Waals surface area contributed by atoms with Crippen LogP contribution in [0.1, 0.15) is 37.5 Å². The number of aromatic nitrogens is 4. The minimum Gasteiger partial charge on any atom is -0.361 e. The number of benzene rings is 2. The first-order valence-electron chi connectivity index (χ1n) is 15.8. The zero-order valence-corrected chi connectivity index (χ0v) is 28.8. The topological polar surface area (TPSA) is 77.5 Å². The summed E-state index contributed by atoms with van der Waals surface area (Å²) in [7, 11) is 0.135. The van der Waals surface area contributed by atoms with Crippen LogP contribution in [0.4, 0.5) is 10.3 Å². The van der Waals surface area contributed by atoms with Crippen molar-refractivity contribution in [1.29, 1.82) is 0 Å². The molecule has 242 valence electrons. The lowest BCUT2D eigenvalue weighted by Crippen LogP contribution is -2.47. The maximum absolute atomic E-state index is 14.9. The predicted molar refractivity (Wildman–Crippen MR) is 181 cm³/mol. The van der Waals surface area contributed by atoms with Crippen molar-refractivity contribution in [3.05, 3.63) is 91.9 Å². The lowest BCUT2D eigenvalue weighted by atomic mass is 9.87. The molecule has 5 rings (SSSR count). The number of fused-ring (bicyclic) bond motifs is 1. The van der Waals surface area contributed by atoms with E-state index in [4.69, 9.17) is 9.72 Å². The Morgan fingerprint density at radius 3 is 2.20 bits per heavy atom. The van der Waals surface area contributed by atoms with Gasteiger partial charge in [0.2, 0.25) is 5.95 Å². The molecular formula is C34H47FN6O3Si. The number of halogens is 1. The first-order chi connectivity index (χ1) is 21.2. The maximum atomic E-state index is 14.9. The first kappa shape index (κ1) is 32.8. The molecule has 1 aliphatic rings. The monoisotopic (exact) mass is 634 g/mol. The second-order valence-corrected chi connectivity index (χ2v) is 20.0. The van der Waals surface area contributed by atoms with E-state index in [1.54, 1.807) is 22.8 Å². The van der Waals surface area contributed by atoms with Gasteiger partial charge in [-0.25, -0.2) is 9.18 Å². The fourth-order valence-electron chi connectivity index (χ4n) is 5.66.